The van der Waals surface area contributed by atoms with Crippen molar-refractivity contribution in [1.82, 2.24) is 20.4 Å². The molecule has 0 aromatic heterocycles. The highest BCUT2D eigenvalue weighted by atomic mass is 16.5. The van der Waals surface area contributed by atoms with Gasteiger partial charge in [0.25, 0.3) is 0 Å². The van der Waals surface area contributed by atoms with Gasteiger partial charge in [-0.25, -0.2) is 0 Å². The second-order valence-electron chi connectivity index (χ2n) is 8.37. The van der Waals surface area contributed by atoms with Gasteiger partial charge >= 0.3 is 0 Å². The number of guanidine groups is 1. The van der Waals surface area contributed by atoms with Crippen LogP contribution in [0.4, 0.5) is 0 Å². The van der Waals surface area contributed by atoms with Gasteiger partial charge in [0.15, 0.2) is 5.96 Å². The third-order valence-electron chi connectivity index (χ3n) is 5.69. The normalized spacial score (nSPS) is 15.9. The summed E-state index contributed by atoms with van der Waals surface area (Å²) in [6.45, 7) is 12.8. The summed E-state index contributed by atoms with van der Waals surface area (Å²) in [5, 5.41) is 6.88. The highest BCUT2D eigenvalue weighted by Gasteiger charge is 2.12. The number of ether oxygens (including phenoxy) is 1. The lowest BCUT2D eigenvalue weighted by atomic mass is 10.1. The van der Waals surface area contributed by atoms with Gasteiger partial charge in [0, 0.05) is 51.9 Å². The van der Waals surface area contributed by atoms with Crippen molar-refractivity contribution in [2.45, 2.75) is 52.5 Å². The maximum Gasteiger partial charge on any atom is 0.191 e. The molecule has 1 aromatic carbocycles. The Hall–Kier alpha value is -1.79. The quantitative estimate of drug-likeness (QED) is 0.311. The number of unbranched alkanes of at least 4 members (excludes halogenated alkanes) is 3. The van der Waals surface area contributed by atoms with Crippen LogP contribution in [0.3, 0.4) is 0 Å². The van der Waals surface area contributed by atoms with E-state index in [-0.39, 0.29) is 0 Å². The Morgan fingerprint density at radius 3 is 2.60 bits per heavy atom. The van der Waals surface area contributed by atoms with E-state index in [9.17, 15) is 0 Å². The molecule has 170 valence electrons. The first-order chi connectivity index (χ1) is 14.6. The van der Waals surface area contributed by atoms with Crippen molar-refractivity contribution in [2.24, 2.45) is 4.99 Å². The zero-order valence-corrected chi connectivity index (χ0v) is 19.7. The Morgan fingerprint density at radius 1 is 1.07 bits per heavy atom. The summed E-state index contributed by atoms with van der Waals surface area (Å²) in [5.41, 5.74) is 2.40. The van der Waals surface area contributed by atoms with Gasteiger partial charge < -0.3 is 25.2 Å². The van der Waals surface area contributed by atoms with Crippen LogP contribution in [0, 0.1) is 6.92 Å². The minimum atomic E-state index is 0.713. The van der Waals surface area contributed by atoms with E-state index in [0.717, 1.165) is 37.7 Å². The van der Waals surface area contributed by atoms with Gasteiger partial charge in [0.1, 0.15) is 5.75 Å². The molecule has 1 fully saturated rings. The minimum Gasteiger partial charge on any atom is -0.493 e. The number of nitrogens with zero attached hydrogens (tertiary/aromatic N) is 3. The number of benzene rings is 1. The maximum absolute atomic E-state index is 6.06. The lowest BCUT2D eigenvalue weighted by molar-refractivity contribution is 0.152. The van der Waals surface area contributed by atoms with E-state index in [1.807, 2.05) is 7.05 Å². The van der Waals surface area contributed by atoms with Crippen LogP contribution >= 0.6 is 0 Å². The molecular formula is C24H43N5O. The lowest BCUT2D eigenvalue weighted by Gasteiger charge is -2.32. The predicted molar refractivity (Wildman–Crippen MR) is 128 cm³/mol. The van der Waals surface area contributed by atoms with Crippen molar-refractivity contribution in [1.29, 1.82) is 0 Å². The molecule has 1 aliphatic rings. The molecule has 0 amide bonds. The fourth-order valence-corrected chi connectivity index (χ4v) is 3.61. The van der Waals surface area contributed by atoms with E-state index in [0.29, 0.717) is 6.54 Å². The number of piperazine rings is 1. The molecule has 0 spiro atoms. The highest BCUT2D eigenvalue weighted by Crippen LogP contribution is 2.20. The third kappa shape index (κ3) is 9.35. The van der Waals surface area contributed by atoms with Crippen LogP contribution in [-0.2, 0) is 6.54 Å². The summed E-state index contributed by atoms with van der Waals surface area (Å²) in [4.78, 5) is 9.35. The van der Waals surface area contributed by atoms with Gasteiger partial charge in [0.2, 0.25) is 0 Å². The van der Waals surface area contributed by atoms with Crippen LogP contribution in [0.2, 0.25) is 0 Å². The minimum absolute atomic E-state index is 0.713. The third-order valence-corrected chi connectivity index (χ3v) is 5.69. The van der Waals surface area contributed by atoms with E-state index in [4.69, 9.17) is 4.74 Å². The van der Waals surface area contributed by atoms with E-state index in [1.54, 1.807) is 0 Å². The number of aliphatic imine (C=N–C) groups is 1. The molecular weight excluding hydrogens is 374 g/mol. The van der Waals surface area contributed by atoms with Crippen LogP contribution in [0.1, 0.15) is 50.2 Å². The summed E-state index contributed by atoms with van der Waals surface area (Å²) in [6, 6.07) is 6.43. The van der Waals surface area contributed by atoms with Gasteiger partial charge in [-0.05, 0) is 51.4 Å². The molecule has 1 saturated heterocycles. The SMILES string of the molecule is CCCCCOc1cc(C)ccc1CNC(=NC)NCCCCN1CCN(C)CC1. The van der Waals surface area contributed by atoms with Gasteiger partial charge in [-0.1, -0.05) is 31.9 Å². The Kier molecular flexibility index (Phi) is 11.6. The molecule has 0 saturated carbocycles. The average molecular weight is 418 g/mol. The molecule has 2 N–H and O–H groups in total. The van der Waals surface area contributed by atoms with Crippen LogP contribution in [-0.4, -0.2) is 75.7 Å². The second kappa shape index (κ2) is 14.3. The Labute approximate surface area is 184 Å². The lowest BCUT2D eigenvalue weighted by Crippen LogP contribution is -2.44. The van der Waals surface area contributed by atoms with Gasteiger partial charge in [-0.15, -0.1) is 0 Å². The Bertz CT molecular complexity index is 626. The van der Waals surface area contributed by atoms with Crippen LogP contribution in [0.15, 0.2) is 23.2 Å². The fourth-order valence-electron chi connectivity index (χ4n) is 3.61. The summed E-state index contributed by atoms with van der Waals surface area (Å²) < 4.78 is 6.06. The van der Waals surface area contributed by atoms with Crippen molar-refractivity contribution < 1.29 is 4.74 Å². The summed E-state index contributed by atoms with van der Waals surface area (Å²) in [6.07, 6.45) is 5.91. The molecule has 0 unspecified atom stereocenters. The van der Waals surface area contributed by atoms with E-state index in [2.05, 4.69) is 64.5 Å². The molecule has 2 rings (SSSR count). The number of rotatable bonds is 12. The van der Waals surface area contributed by atoms with E-state index in [1.165, 1.54) is 63.1 Å². The smallest absolute Gasteiger partial charge is 0.191 e. The highest BCUT2D eigenvalue weighted by molar-refractivity contribution is 5.79. The Balaban J connectivity index is 1.68. The zero-order chi connectivity index (χ0) is 21.6. The van der Waals surface area contributed by atoms with Gasteiger partial charge in [0.05, 0.1) is 6.61 Å². The van der Waals surface area contributed by atoms with Crippen molar-refractivity contribution in [3.63, 3.8) is 0 Å². The number of nitrogens with one attached hydrogen (secondary N) is 2. The van der Waals surface area contributed by atoms with E-state index < -0.39 is 0 Å². The molecule has 0 atom stereocenters. The molecule has 1 heterocycles. The second-order valence-corrected chi connectivity index (χ2v) is 8.37. The number of hydrogen-bond donors (Lipinski definition) is 2. The molecule has 6 heteroatoms. The van der Waals surface area contributed by atoms with Crippen LogP contribution in [0.25, 0.3) is 0 Å². The van der Waals surface area contributed by atoms with Crippen molar-refractivity contribution in [2.75, 3.05) is 60.0 Å². The number of likely N-dealkylation sites (N-methyl/N-ethyl adjacent to an activating group) is 1. The monoisotopic (exact) mass is 417 g/mol. The molecule has 1 aliphatic heterocycles. The van der Waals surface area contributed by atoms with Crippen molar-refractivity contribution in [3.05, 3.63) is 29.3 Å². The summed E-state index contributed by atoms with van der Waals surface area (Å²) in [5.74, 6) is 1.84. The molecule has 0 bridgehead atoms. The predicted octanol–water partition coefficient (Wildman–Crippen LogP) is 3.26. The molecule has 6 nitrogen and oxygen atoms in total. The molecule has 30 heavy (non-hydrogen) atoms. The van der Waals surface area contributed by atoms with Gasteiger partial charge in [-0.2, -0.15) is 0 Å². The maximum atomic E-state index is 6.06. The summed E-state index contributed by atoms with van der Waals surface area (Å²) in [7, 11) is 4.04. The van der Waals surface area contributed by atoms with E-state index >= 15 is 0 Å². The average Bonchev–Trinajstić information content (AvgIpc) is 2.75. The van der Waals surface area contributed by atoms with Crippen molar-refractivity contribution >= 4 is 5.96 Å². The van der Waals surface area contributed by atoms with Gasteiger partial charge in [-0.3, -0.25) is 4.99 Å². The zero-order valence-electron chi connectivity index (χ0n) is 19.7. The van der Waals surface area contributed by atoms with Crippen LogP contribution < -0.4 is 15.4 Å². The first-order valence-corrected chi connectivity index (χ1v) is 11.7. The topological polar surface area (TPSA) is 52.1 Å². The largest absolute Gasteiger partial charge is 0.493 e. The first-order valence-electron chi connectivity index (χ1n) is 11.7. The summed E-state index contributed by atoms with van der Waals surface area (Å²) >= 11 is 0. The number of aryl methyl sites for hydroxylation is 1. The number of hydrogen-bond acceptors (Lipinski definition) is 4. The standard InChI is InChI=1S/C24H43N5O/c1-5-6-9-18-30-23-19-21(2)10-11-22(23)20-27-24(25-3)26-12-7-8-13-29-16-14-28(4)15-17-29/h10-11,19H,5-9,12-18,20H2,1-4H3,(H2,25,26,27). The molecule has 0 radical (unpaired) electrons. The molecule has 0 aliphatic carbocycles. The molecule has 1 aromatic rings. The van der Waals surface area contributed by atoms with Crippen molar-refractivity contribution in [3.8, 4) is 5.75 Å². The first kappa shape index (κ1) is 24.5. The Morgan fingerprint density at radius 2 is 1.87 bits per heavy atom. The van der Waals surface area contributed by atoms with Crippen LogP contribution in [0.5, 0.6) is 5.75 Å². The fraction of sp³-hybridized carbons (Fsp3) is 0.708.